The number of amides is 1. The highest BCUT2D eigenvalue weighted by Gasteiger charge is 2.37. The summed E-state index contributed by atoms with van der Waals surface area (Å²) in [6.45, 7) is 10.4. The second kappa shape index (κ2) is 6.81. The summed E-state index contributed by atoms with van der Waals surface area (Å²) in [6.07, 6.45) is 0. The third-order valence-electron chi connectivity index (χ3n) is 5.72. The molecule has 2 aromatic rings. The summed E-state index contributed by atoms with van der Waals surface area (Å²) in [5.74, 6) is 0.669. The van der Waals surface area contributed by atoms with Gasteiger partial charge < -0.3 is 14.2 Å². The Morgan fingerprint density at radius 3 is 2.72 bits per heavy atom. The van der Waals surface area contributed by atoms with E-state index in [0.717, 1.165) is 62.5 Å². The zero-order valence-electron chi connectivity index (χ0n) is 15.1. The van der Waals surface area contributed by atoms with Gasteiger partial charge in [0, 0.05) is 49.7 Å². The van der Waals surface area contributed by atoms with Gasteiger partial charge in [0.05, 0.1) is 13.2 Å². The lowest BCUT2D eigenvalue weighted by Crippen LogP contribution is -2.47. The molecule has 0 bridgehead atoms. The van der Waals surface area contributed by atoms with E-state index >= 15 is 0 Å². The lowest BCUT2D eigenvalue weighted by molar-refractivity contribution is 0.0119. The Kier molecular flexibility index (Phi) is 4.52. The van der Waals surface area contributed by atoms with Gasteiger partial charge in [-0.05, 0) is 25.0 Å². The maximum atomic E-state index is 13.2. The number of nitrogens with zero attached hydrogens (tertiary/aromatic N) is 3. The number of rotatable bonds is 3. The first-order chi connectivity index (χ1) is 12.2. The molecule has 2 aliphatic heterocycles. The number of fused-ring (bicyclic) bond motifs is 1. The number of carbonyl (C=O) groups excluding carboxylic acids is 1. The van der Waals surface area contributed by atoms with Gasteiger partial charge in [-0.25, -0.2) is 0 Å². The van der Waals surface area contributed by atoms with Gasteiger partial charge in [0.2, 0.25) is 0 Å². The SMILES string of the molecule is CCn1c(C(=O)N2C[C@@H](C)[C@H](N3CCOCC3)C2)cc2ccccc21. The number of aromatic nitrogens is 1. The zero-order valence-corrected chi connectivity index (χ0v) is 15.1. The highest BCUT2D eigenvalue weighted by atomic mass is 16.5. The van der Waals surface area contributed by atoms with E-state index in [1.807, 2.05) is 23.1 Å². The summed E-state index contributed by atoms with van der Waals surface area (Å²) in [7, 11) is 0. The van der Waals surface area contributed by atoms with Gasteiger partial charge in [-0.3, -0.25) is 9.69 Å². The zero-order chi connectivity index (χ0) is 17.4. The average Bonchev–Trinajstić information content (AvgIpc) is 3.22. The number of hydrogen-bond acceptors (Lipinski definition) is 3. The van der Waals surface area contributed by atoms with Gasteiger partial charge in [0.1, 0.15) is 5.69 Å². The van der Waals surface area contributed by atoms with Crippen LogP contribution in [0.15, 0.2) is 30.3 Å². The molecule has 134 valence electrons. The number of para-hydroxylation sites is 1. The Bertz CT molecular complexity index is 763. The lowest BCUT2D eigenvalue weighted by atomic mass is 10.0. The fourth-order valence-corrected chi connectivity index (χ4v) is 4.39. The van der Waals surface area contributed by atoms with Crippen molar-refractivity contribution >= 4 is 16.8 Å². The molecule has 0 saturated carbocycles. The van der Waals surface area contributed by atoms with Crippen molar-refractivity contribution in [3.63, 3.8) is 0 Å². The number of ether oxygens (including phenoxy) is 1. The van der Waals surface area contributed by atoms with E-state index in [9.17, 15) is 4.79 Å². The van der Waals surface area contributed by atoms with E-state index < -0.39 is 0 Å². The number of hydrogen-bond donors (Lipinski definition) is 0. The summed E-state index contributed by atoms with van der Waals surface area (Å²) < 4.78 is 7.62. The number of aryl methyl sites for hydroxylation is 1. The minimum Gasteiger partial charge on any atom is -0.379 e. The fourth-order valence-electron chi connectivity index (χ4n) is 4.39. The predicted octanol–water partition coefficient (Wildman–Crippen LogP) is 2.45. The Morgan fingerprint density at radius 2 is 1.96 bits per heavy atom. The molecule has 1 aromatic carbocycles. The molecule has 0 N–H and O–H groups in total. The molecule has 0 radical (unpaired) electrons. The van der Waals surface area contributed by atoms with Crippen LogP contribution in [-0.4, -0.2) is 65.7 Å². The molecule has 2 saturated heterocycles. The molecule has 0 aliphatic carbocycles. The van der Waals surface area contributed by atoms with E-state index in [1.54, 1.807) is 0 Å². The Labute approximate surface area is 149 Å². The van der Waals surface area contributed by atoms with Gasteiger partial charge in [-0.15, -0.1) is 0 Å². The highest BCUT2D eigenvalue weighted by molar-refractivity contribution is 5.99. The van der Waals surface area contributed by atoms with Crippen LogP contribution in [0.3, 0.4) is 0 Å². The Morgan fingerprint density at radius 1 is 1.20 bits per heavy atom. The van der Waals surface area contributed by atoms with Crippen LogP contribution in [0.1, 0.15) is 24.3 Å². The van der Waals surface area contributed by atoms with Gasteiger partial charge >= 0.3 is 0 Å². The summed E-state index contributed by atoms with van der Waals surface area (Å²) in [4.78, 5) is 17.8. The molecular weight excluding hydrogens is 314 g/mol. The molecule has 0 spiro atoms. The first kappa shape index (κ1) is 16.6. The van der Waals surface area contributed by atoms with Crippen LogP contribution < -0.4 is 0 Å². The number of morpholine rings is 1. The van der Waals surface area contributed by atoms with E-state index in [4.69, 9.17) is 4.74 Å². The van der Waals surface area contributed by atoms with Crippen molar-refractivity contribution in [1.29, 1.82) is 0 Å². The van der Waals surface area contributed by atoms with Crippen LogP contribution in [0.2, 0.25) is 0 Å². The summed E-state index contributed by atoms with van der Waals surface area (Å²) in [5, 5.41) is 1.14. The lowest BCUT2D eigenvalue weighted by Gasteiger charge is -2.34. The van der Waals surface area contributed by atoms with Gasteiger partial charge in [-0.1, -0.05) is 25.1 Å². The minimum absolute atomic E-state index is 0.167. The maximum Gasteiger partial charge on any atom is 0.270 e. The molecule has 2 fully saturated rings. The average molecular weight is 341 g/mol. The van der Waals surface area contributed by atoms with Crippen molar-refractivity contribution in [3.8, 4) is 0 Å². The third kappa shape index (κ3) is 2.96. The van der Waals surface area contributed by atoms with Crippen LogP contribution in [-0.2, 0) is 11.3 Å². The standard InChI is InChI=1S/C20H27N3O2/c1-3-23-17-7-5-4-6-16(17)12-18(23)20(24)22-13-15(2)19(14-22)21-8-10-25-11-9-21/h4-7,12,15,19H,3,8-11,13-14H2,1-2H3/t15-,19-/m1/s1. The van der Waals surface area contributed by atoms with Crippen LogP contribution >= 0.6 is 0 Å². The molecular formula is C20H27N3O2. The maximum absolute atomic E-state index is 13.2. The van der Waals surface area contributed by atoms with Crippen LogP contribution in [0.4, 0.5) is 0 Å². The van der Waals surface area contributed by atoms with Crippen molar-refractivity contribution in [2.45, 2.75) is 26.4 Å². The molecule has 3 heterocycles. The van der Waals surface area contributed by atoms with E-state index in [1.165, 1.54) is 0 Å². The Hall–Kier alpha value is -1.85. The van der Waals surface area contributed by atoms with Crippen molar-refractivity contribution in [2.24, 2.45) is 5.92 Å². The fraction of sp³-hybridized carbons (Fsp3) is 0.550. The minimum atomic E-state index is 0.167. The molecule has 2 atom stereocenters. The first-order valence-corrected chi connectivity index (χ1v) is 9.38. The normalized spacial score (nSPS) is 25.0. The first-order valence-electron chi connectivity index (χ1n) is 9.38. The third-order valence-corrected chi connectivity index (χ3v) is 5.72. The molecule has 25 heavy (non-hydrogen) atoms. The van der Waals surface area contributed by atoms with Crippen molar-refractivity contribution in [3.05, 3.63) is 36.0 Å². The predicted molar refractivity (Wildman–Crippen MR) is 98.9 cm³/mol. The molecule has 5 nitrogen and oxygen atoms in total. The van der Waals surface area contributed by atoms with Crippen LogP contribution in [0.5, 0.6) is 0 Å². The van der Waals surface area contributed by atoms with Crippen molar-refractivity contribution < 1.29 is 9.53 Å². The topological polar surface area (TPSA) is 37.7 Å². The molecule has 1 amide bonds. The number of carbonyl (C=O) groups is 1. The van der Waals surface area contributed by atoms with Gasteiger partial charge in [0.15, 0.2) is 0 Å². The molecule has 5 heteroatoms. The Balaban J connectivity index is 1.57. The number of likely N-dealkylation sites (tertiary alicyclic amines) is 1. The number of benzene rings is 1. The second-order valence-electron chi connectivity index (χ2n) is 7.24. The summed E-state index contributed by atoms with van der Waals surface area (Å²) >= 11 is 0. The quantitative estimate of drug-likeness (QED) is 0.861. The largest absolute Gasteiger partial charge is 0.379 e. The van der Waals surface area contributed by atoms with Crippen molar-refractivity contribution in [2.75, 3.05) is 39.4 Å². The van der Waals surface area contributed by atoms with Crippen molar-refractivity contribution in [1.82, 2.24) is 14.4 Å². The van der Waals surface area contributed by atoms with Crippen LogP contribution in [0, 0.1) is 5.92 Å². The van der Waals surface area contributed by atoms with E-state index in [2.05, 4.69) is 35.4 Å². The molecule has 0 unspecified atom stereocenters. The highest BCUT2D eigenvalue weighted by Crippen LogP contribution is 2.26. The molecule has 4 rings (SSSR count). The summed E-state index contributed by atoms with van der Waals surface area (Å²) in [6, 6.07) is 10.7. The van der Waals surface area contributed by atoms with E-state index in [-0.39, 0.29) is 5.91 Å². The smallest absolute Gasteiger partial charge is 0.270 e. The van der Waals surface area contributed by atoms with Gasteiger partial charge in [0.25, 0.3) is 5.91 Å². The monoisotopic (exact) mass is 341 g/mol. The van der Waals surface area contributed by atoms with E-state index in [0.29, 0.717) is 12.0 Å². The molecule has 1 aromatic heterocycles. The molecule has 2 aliphatic rings. The summed E-state index contributed by atoms with van der Waals surface area (Å²) in [5.41, 5.74) is 1.96. The van der Waals surface area contributed by atoms with Gasteiger partial charge in [-0.2, -0.15) is 0 Å². The van der Waals surface area contributed by atoms with Crippen LogP contribution in [0.25, 0.3) is 10.9 Å². The second-order valence-corrected chi connectivity index (χ2v) is 7.24.